The molecule has 1 aliphatic heterocycles. The van der Waals surface area contributed by atoms with Gasteiger partial charge in [-0.2, -0.15) is 0 Å². The third kappa shape index (κ3) is 3.48. The minimum absolute atomic E-state index is 0.0361. The van der Waals surface area contributed by atoms with Crippen LogP contribution in [0.3, 0.4) is 0 Å². The number of carboxylic acid groups (broad SMARTS) is 1. The average molecular weight is 370 g/mol. The van der Waals surface area contributed by atoms with Crippen molar-refractivity contribution in [3.05, 3.63) is 51.9 Å². The van der Waals surface area contributed by atoms with Crippen molar-refractivity contribution in [3.63, 3.8) is 0 Å². The van der Waals surface area contributed by atoms with Crippen molar-refractivity contribution in [1.29, 1.82) is 0 Å². The molecule has 0 unspecified atom stereocenters. The Bertz CT molecular complexity index is 771. The quantitative estimate of drug-likeness (QED) is 0.838. The number of nitrogens with zero attached hydrogens (tertiary/aromatic N) is 2. The lowest BCUT2D eigenvalue weighted by atomic mass is 10.2. The van der Waals surface area contributed by atoms with E-state index >= 15 is 0 Å². The molecule has 0 saturated carbocycles. The summed E-state index contributed by atoms with van der Waals surface area (Å²) in [6.45, 7) is 0.994. The SMILES string of the molecule is O=C(O)c1ccoc1CON1CCN=C1Nc1c(Cl)cccc1Cl. The molecule has 0 fully saturated rings. The van der Waals surface area contributed by atoms with Crippen LogP contribution in [0.1, 0.15) is 16.1 Å². The maximum absolute atomic E-state index is 11.1. The van der Waals surface area contributed by atoms with Gasteiger partial charge in [0.2, 0.25) is 5.96 Å². The molecule has 0 atom stereocenters. The van der Waals surface area contributed by atoms with Gasteiger partial charge in [-0.15, -0.1) is 0 Å². The van der Waals surface area contributed by atoms with Crippen molar-refractivity contribution < 1.29 is 19.2 Å². The molecule has 3 rings (SSSR count). The first-order chi connectivity index (χ1) is 11.6. The molecular weight excluding hydrogens is 357 g/mol. The van der Waals surface area contributed by atoms with E-state index in [2.05, 4.69) is 10.3 Å². The molecule has 0 amide bonds. The Labute approximate surface area is 147 Å². The van der Waals surface area contributed by atoms with Crippen LogP contribution in [0.2, 0.25) is 10.0 Å². The Morgan fingerprint density at radius 1 is 1.38 bits per heavy atom. The second kappa shape index (κ2) is 7.12. The second-order valence-electron chi connectivity index (χ2n) is 4.87. The highest BCUT2D eigenvalue weighted by molar-refractivity contribution is 6.39. The molecule has 1 aliphatic rings. The first kappa shape index (κ1) is 16.6. The molecule has 2 heterocycles. The van der Waals surface area contributed by atoms with E-state index in [9.17, 15) is 4.79 Å². The van der Waals surface area contributed by atoms with Gasteiger partial charge >= 0.3 is 5.97 Å². The normalized spacial score (nSPS) is 13.9. The lowest BCUT2D eigenvalue weighted by molar-refractivity contribution is -0.108. The first-order valence-electron chi connectivity index (χ1n) is 7.02. The van der Waals surface area contributed by atoms with Crippen LogP contribution in [0.4, 0.5) is 5.69 Å². The Balaban J connectivity index is 1.68. The van der Waals surface area contributed by atoms with Crippen LogP contribution in [-0.2, 0) is 11.4 Å². The summed E-state index contributed by atoms with van der Waals surface area (Å²) in [4.78, 5) is 21.0. The summed E-state index contributed by atoms with van der Waals surface area (Å²) in [5.41, 5.74) is 0.592. The number of carbonyl (C=O) groups is 1. The maximum Gasteiger partial charge on any atom is 0.339 e. The molecule has 9 heteroatoms. The van der Waals surface area contributed by atoms with Crippen LogP contribution in [0, 0.1) is 0 Å². The number of anilines is 1. The lowest BCUT2D eigenvalue weighted by Crippen LogP contribution is -2.33. The molecule has 2 N–H and O–H groups in total. The first-order valence-corrected chi connectivity index (χ1v) is 7.77. The number of aliphatic imine (C=N–C) groups is 1. The number of hydroxylamine groups is 2. The van der Waals surface area contributed by atoms with Crippen molar-refractivity contribution >= 4 is 40.8 Å². The topological polar surface area (TPSA) is 87.3 Å². The van der Waals surface area contributed by atoms with Gasteiger partial charge in [0, 0.05) is 0 Å². The molecule has 0 spiro atoms. The number of carboxylic acids is 1. The number of para-hydroxylation sites is 1. The summed E-state index contributed by atoms with van der Waals surface area (Å²) in [6.07, 6.45) is 1.31. The van der Waals surface area contributed by atoms with E-state index in [-0.39, 0.29) is 17.9 Å². The summed E-state index contributed by atoms with van der Waals surface area (Å²) in [7, 11) is 0. The fraction of sp³-hybridized carbons (Fsp3) is 0.200. The second-order valence-corrected chi connectivity index (χ2v) is 5.68. The van der Waals surface area contributed by atoms with E-state index in [1.165, 1.54) is 17.4 Å². The molecule has 126 valence electrons. The summed E-state index contributed by atoms with van der Waals surface area (Å²) >= 11 is 12.3. The van der Waals surface area contributed by atoms with Crippen molar-refractivity contribution in [3.8, 4) is 0 Å². The minimum atomic E-state index is -1.07. The Kier molecular flexibility index (Phi) is 4.94. The standard InChI is InChI=1S/C15H13Cl2N3O4/c16-10-2-1-3-11(17)13(10)19-15-18-5-6-20(15)24-8-12-9(14(21)22)4-7-23-12/h1-4,7H,5-6,8H2,(H,18,19)(H,21,22). The summed E-state index contributed by atoms with van der Waals surface area (Å²) in [6, 6.07) is 6.53. The molecule has 7 nitrogen and oxygen atoms in total. The lowest BCUT2D eigenvalue weighted by Gasteiger charge is -2.20. The van der Waals surface area contributed by atoms with Crippen LogP contribution in [-0.4, -0.2) is 35.2 Å². The third-order valence-electron chi connectivity index (χ3n) is 3.33. The number of furan rings is 1. The molecule has 2 aromatic rings. The Morgan fingerprint density at radius 2 is 2.12 bits per heavy atom. The largest absolute Gasteiger partial charge is 0.478 e. The van der Waals surface area contributed by atoms with Crippen LogP contribution >= 0.6 is 23.2 Å². The van der Waals surface area contributed by atoms with Gasteiger partial charge in [-0.3, -0.25) is 4.84 Å². The van der Waals surface area contributed by atoms with E-state index in [4.69, 9.17) is 37.6 Å². The monoisotopic (exact) mass is 369 g/mol. The predicted molar refractivity (Wildman–Crippen MR) is 89.5 cm³/mol. The van der Waals surface area contributed by atoms with Gasteiger partial charge in [-0.05, 0) is 18.2 Å². The van der Waals surface area contributed by atoms with E-state index in [0.29, 0.717) is 34.8 Å². The number of guanidine groups is 1. The molecule has 1 aromatic heterocycles. The van der Waals surface area contributed by atoms with Crippen molar-refractivity contribution in [1.82, 2.24) is 5.06 Å². The number of halogens is 2. The van der Waals surface area contributed by atoms with Gasteiger partial charge in [0.15, 0.2) is 0 Å². The van der Waals surface area contributed by atoms with Gasteiger partial charge in [-0.25, -0.2) is 14.9 Å². The van der Waals surface area contributed by atoms with E-state index in [1.807, 2.05) is 0 Å². The molecule has 0 radical (unpaired) electrons. The molecule has 0 saturated heterocycles. The van der Waals surface area contributed by atoms with Crippen molar-refractivity contribution in [2.45, 2.75) is 6.61 Å². The Hall–Kier alpha value is -2.22. The summed E-state index contributed by atoms with van der Waals surface area (Å²) in [5.74, 6) is -0.406. The van der Waals surface area contributed by atoms with Gasteiger partial charge in [0.25, 0.3) is 0 Å². The van der Waals surface area contributed by atoms with Gasteiger partial charge in [-0.1, -0.05) is 29.3 Å². The number of nitrogens with one attached hydrogen (secondary N) is 1. The summed E-state index contributed by atoms with van der Waals surface area (Å²) < 4.78 is 5.14. The number of hydrogen-bond donors (Lipinski definition) is 2. The average Bonchev–Trinajstić information content (AvgIpc) is 3.18. The zero-order chi connectivity index (χ0) is 17.1. The fourth-order valence-corrected chi connectivity index (χ4v) is 2.66. The number of benzene rings is 1. The van der Waals surface area contributed by atoms with E-state index in [0.717, 1.165) is 0 Å². The van der Waals surface area contributed by atoms with Crippen LogP contribution in [0.15, 0.2) is 39.9 Å². The highest BCUT2D eigenvalue weighted by Gasteiger charge is 2.22. The molecule has 1 aromatic carbocycles. The zero-order valence-corrected chi connectivity index (χ0v) is 13.8. The highest BCUT2D eigenvalue weighted by Crippen LogP contribution is 2.30. The Morgan fingerprint density at radius 3 is 2.83 bits per heavy atom. The molecule has 0 bridgehead atoms. The van der Waals surface area contributed by atoms with Gasteiger partial charge < -0.3 is 14.8 Å². The molecule has 24 heavy (non-hydrogen) atoms. The van der Waals surface area contributed by atoms with E-state index in [1.54, 1.807) is 18.2 Å². The van der Waals surface area contributed by atoms with Crippen LogP contribution in [0.5, 0.6) is 0 Å². The molecular formula is C15H13Cl2N3O4. The van der Waals surface area contributed by atoms with Gasteiger partial charge in [0.05, 0.1) is 35.1 Å². The van der Waals surface area contributed by atoms with Crippen molar-refractivity contribution in [2.75, 3.05) is 18.4 Å². The molecule has 0 aliphatic carbocycles. The maximum atomic E-state index is 11.1. The number of hydrogen-bond acceptors (Lipinski definition) is 6. The summed E-state index contributed by atoms with van der Waals surface area (Å²) in [5, 5.41) is 14.5. The minimum Gasteiger partial charge on any atom is -0.478 e. The third-order valence-corrected chi connectivity index (χ3v) is 3.96. The number of aromatic carboxylic acids is 1. The van der Waals surface area contributed by atoms with Crippen LogP contribution in [0.25, 0.3) is 0 Å². The number of rotatable bonds is 5. The predicted octanol–water partition coefficient (Wildman–Crippen LogP) is 3.50. The zero-order valence-electron chi connectivity index (χ0n) is 12.3. The van der Waals surface area contributed by atoms with Gasteiger partial charge in [0.1, 0.15) is 17.9 Å². The highest BCUT2D eigenvalue weighted by atomic mass is 35.5. The van der Waals surface area contributed by atoms with Crippen molar-refractivity contribution in [2.24, 2.45) is 4.99 Å². The fourth-order valence-electron chi connectivity index (χ4n) is 2.17. The smallest absolute Gasteiger partial charge is 0.339 e. The van der Waals surface area contributed by atoms with Crippen LogP contribution < -0.4 is 5.32 Å². The van der Waals surface area contributed by atoms with E-state index < -0.39 is 5.97 Å².